The summed E-state index contributed by atoms with van der Waals surface area (Å²) in [5, 5.41) is 7.72. The molecule has 1 saturated heterocycles. The second-order valence-electron chi connectivity index (χ2n) is 6.34. The van der Waals surface area contributed by atoms with E-state index in [2.05, 4.69) is 15.4 Å². The van der Waals surface area contributed by atoms with Gasteiger partial charge in [-0.2, -0.15) is 0 Å². The van der Waals surface area contributed by atoms with Crippen LogP contribution < -0.4 is 5.32 Å². The van der Waals surface area contributed by atoms with E-state index in [1.165, 1.54) is 0 Å². The molecule has 1 unspecified atom stereocenters. The predicted octanol–water partition coefficient (Wildman–Crippen LogP) is 3.00. The molecule has 0 spiro atoms. The lowest BCUT2D eigenvalue weighted by Crippen LogP contribution is -2.44. The monoisotopic (exact) mass is 377 g/mol. The fraction of sp³-hybridized carbons (Fsp3) is 0.474. The van der Waals surface area contributed by atoms with Gasteiger partial charge in [0.05, 0.1) is 24.9 Å². The Morgan fingerprint density at radius 2 is 2.00 bits per heavy atom. The molecule has 1 aromatic carbocycles. The van der Waals surface area contributed by atoms with Crippen LogP contribution in [0.1, 0.15) is 40.3 Å². The molecule has 7 heteroatoms. The maximum absolute atomic E-state index is 12.7. The fourth-order valence-corrected chi connectivity index (χ4v) is 3.39. The molecule has 140 valence electrons. The van der Waals surface area contributed by atoms with Gasteiger partial charge in [0.1, 0.15) is 11.3 Å². The fourth-order valence-electron chi connectivity index (χ4n) is 3.26. The first-order valence-electron chi connectivity index (χ1n) is 8.90. The number of aryl methyl sites for hydroxylation is 2. The number of rotatable bonds is 6. The first-order chi connectivity index (χ1) is 12.6. The maximum Gasteiger partial charge on any atom is 0.256 e. The Hall–Kier alpha value is -1.89. The Labute approximate surface area is 158 Å². The van der Waals surface area contributed by atoms with Crippen LogP contribution in [0.15, 0.2) is 28.8 Å². The zero-order valence-electron chi connectivity index (χ0n) is 15.1. The first kappa shape index (κ1) is 18.9. The minimum atomic E-state index is -0.146. The van der Waals surface area contributed by atoms with Gasteiger partial charge in [0.25, 0.3) is 5.91 Å². The number of ether oxygens (including phenoxy) is 1. The van der Waals surface area contributed by atoms with Crippen LogP contribution in [-0.2, 0) is 11.2 Å². The van der Waals surface area contributed by atoms with Gasteiger partial charge < -0.3 is 14.6 Å². The van der Waals surface area contributed by atoms with Crippen molar-refractivity contribution in [1.29, 1.82) is 0 Å². The minimum Gasteiger partial charge on any atom is -0.379 e. The number of morpholine rings is 1. The third kappa shape index (κ3) is 4.26. The quantitative estimate of drug-likeness (QED) is 0.838. The maximum atomic E-state index is 12.7. The van der Waals surface area contributed by atoms with Crippen LogP contribution in [0.4, 0.5) is 0 Å². The van der Waals surface area contributed by atoms with Gasteiger partial charge in [0.2, 0.25) is 0 Å². The molecule has 1 atom stereocenters. The van der Waals surface area contributed by atoms with Gasteiger partial charge in [-0.1, -0.05) is 35.8 Å². The number of hydrogen-bond donors (Lipinski definition) is 1. The lowest BCUT2D eigenvalue weighted by Gasteiger charge is -2.35. The molecule has 1 aliphatic heterocycles. The molecule has 1 fully saturated rings. The molecule has 0 aliphatic carbocycles. The van der Waals surface area contributed by atoms with Crippen molar-refractivity contribution in [2.45, 2.75) is 26.3 Å². The summed E-state index contributed by atoms with van der Waals surface area (Å²) in [6, 6.07) is 7.84. The number of halogens is 1. The second kappa shape index (κ2) is 8.66. The van der Waals surface area contributed by atoms with Crippen molar-refractivity contribution in [3.8, 4) is 0 Å². The van der Waals surface area contributed by atoms with Gasteiger partial charge in [-0.25, -0.2) is 0 Å². The van der Waals surface area contributed by atoms with Crippen molar-refractivity contribution in [2.24, 2.45) is 0 Å². The molecular weight excluding hydrogens is 354 g/mol. The molecule has 1 aliphatic rings. The molecule has 0 bridgehead atoms. The van der Waals surface area contributed by atoms with E-state index in [4.69, 9.17) is 20.9 Å². The number of benzene rings is 1. The van der Waals surface area contributed by atoms with Crippen LogP contribution in [0.2, 0.25) is 5.02 Å². The number of hydrogen-bond acceptors (Lipinski definition) is 5. The van der Waals surface area contributed by atoms with Gasteiger partial charge >= 0.3 is 0 Å². The summed E-state index contributed by atoms with van der Waals surface area (Å²) in [4.78, 5) is 15.0. The minimum absolute atomic E-state index is 0.0605. The molecule has 6 nitrogen and oxygen atoms in total. The summed E-state index contributed by atoms with van der Waals surface area (Å²) in [5.74, 6) is 0.404. The SMILES string of the molecule is CCc1noc(C)c1C(=O)NCC(c1ccc(Cl)cc1)N1CCOCC1. The Kier molecular flexibility index (Phi) is 6.29. The lowest BCUT2D eigenvalue weighted by molar-refractivity contribution is 0.0162. The Morgan fingerprint density at radius 3 is 2.65 bits per heavy atom. The molecule has 3 rings (SSSR count). The third-order valence-corrected chi connectivity index (χ3v) is 4.94. The number of nitrogens with zero attached hydrogens (tertiary/aromatic N) is 2. The molecular formula is C19H24ClN3O3. The molecule has 1 N–H and O–H groups in total. The second-order valence-corrected chi connectivity index (χ2v) is 6.78. The van der Waals surface area contributed by atoms with E-state index in [9.17, 15) is 4.79 Å². The summed E-state index contributed by atoms with van der Waals surface area (Å²) in [5.41, 5.74) is 2.35. The van der Waals surface area contributed by atoms with Gasteiger partial charge in [0, 0.05) is 24.7 Å². The number of amides is 1. The first-order valence-corrected chi connectivity index (χ1v) is 9.28. The smallest absolute Gasteiger partial charge is 0.256 e. The molecule has 0 saturated carbocycles. The van der Waals surface area contributed by atoms with E-state index in [0.717, 1.165) is 18.7 Å². The average molecular weight is 378 g/mol. The van der Waals surface area contributed by atoms with E-state index in [-0.39, 0.29) is 11.9 Å². The highest BCUT2D eigenvalue weighted by atomic mass is 35.5. The summed E-state index contributed by atoms with van der Waals surface area (Å²) in [6.07, 6.45) is 0.657. The molecule has 2 aromatic rings. The normalized spacial score (nSPS) is 16.4. The topological polar surface area (TPSA) is 67.6 Å². The van der Waals surface area contributed by atoms with Gasteiger partial charge in [-0.05, 0) is 31.0 Å². The molecule has 26 heavy (non-hydrogen) atoms. The standard InChI is InChI=1S/C19H24ClN3O3/c1-3-16-18(13(2)26-22-16)19(24)21-12-17(23-8-10-25-11-9-23)14-4-6-15(20)7-5-14/h4-7,17H,3,8-12H2,1-2H3,(H,21,24). The predicted molar refractivity (Wildman–Crippen MR) is 99.5 cm³/mol. The van der Waals surface area contributed by atoms with Crippen LogP contribution in [0, 0.1) is 6.92 Å². The molecule has 0 radical (unpaired) electrons. The highest BCUT2D eigenvalue weighted by Crippen LogP contribution is 2.23. The van der Waals surface area contributed by atoms with Crippen LogP contribution in [0.5, 0.6) is 0 Å². The Morgan fingerprint density at radius 1 is 1.31 bits per heavy atom. The third-order valence-electron chi connectivity index (χ3n) is 4.69. The average Bonchev–Trinajstić information content (AvgIpc) is 3.04. The van der Waals surface area contributed by atoms with E-state index < -0.39 is 0 Å². The van der Waals surface area contributed by atoms with Crippen molar-refractivity contribution in [3.63, 3.8) is 0 Å². The summed E-state index contributed by atoms with van der Waals surface area (Å²) in [7, 11) is 0. The van der Waals surface area contributed by atoms with E-state index in [1.807, 2.05) is 31.2 Å². The zero-order valence-corrected chi connectivity index (χ0v) is 15.9. The molecule has 1 amide bonds. The van der Waals surface area contributed by atoms with Crippen molar-refractivity contribution >= 4 is 17.5 Å². The lowest BCUT2D eigenvalue weighted by atomic mass is 10.0. The number of nitrogens with one attached hydrogen (secondary N) is 1. The van der Waals surface area contributed by atoms with Crippen molar-refractivity contribution in [1.82, 2.24) is 15.4 Å². The van der Waals surface area contributed by atoms with Gasteiger partial charge in [-0.3, -0.25) is 9.69 Å². The van der Waals surface area contributed by atoms with Gasteiger partial charge in [-0.15, -0.1) is 0 Å². The van der Waals surface area contributed by atoms with Gasteiger partial charge in [0.15, 0.2) is 0 Å². The van der Waals surface area contributed by atoms with E-state index >= 15 is 0 Å². The van der Waals surface area contributed by atoms with Crippen LogP contribution in [0.3, 0.4) is 0 Å². The number of carbonyl (C=O) groups is 1. The largest absolute Gasteiger partial charge is 0.379 e. The molecule has 2 heterocycles. The summed E-state index contributed by atoms with van der Waals surface area (Å²) in [6.45, 7) is 7.27. The highest BCUT2D eigenvalue weighted by molar-refractivity contribution is 6.30. The van der Waals surface area contributed by atoms with Crippen LogP contribution in [0.25, 0.3) is 0 Å². The van der Waals surface area contributed by atoms with E-state index in [0.29, 0.717) is 48.2 Å². The molecule has 1 aromatic heterocycles. The highest BCUT2D eigenvalue weighted by Gasteiger charge is 2.25. The number of carbonyl (C=O) groups excluding carboxylic acids is 1. The summed E-state index contributed by atoms with van der Waals surface area (Å²) >= 11 is 6.03. The van der Waals surface area contributed by atoms with Crippen molar-refractivity contribution < 1.29 is 14.1 Å². The van der Waals surface area contributed by atoms with Crippen molar-refractivity contribution in [2.75, 3.05) is 32.8 Å². The van der Waals surface area contributed by atoms with E-state index in [1.54, 1.807) is 6.92 Å². The van der Waals surface area contributed by atoms with Crippen molar-refractivity contribution in [3.05, 3.63) is 51.9 Å². The summed E-state index contributed by atoms with van der Waals surface area (Å²) < 4.78 is 10.6. The number of aromatic nitrogens is 1. The zero-order chi connectivity index (χ0) is 18.5. The van der Waals surface area contributed by atoms with Crippen LogP contribution in [-0.4, -0.2) is 48.8 Å². The Bertz CT molecular complexity index is 739. The Balaban J connectivity index is 1.76. The van der Waals surface area contributed by atoms with Crippen LogP contribution >= 0.6 is 11.6 Å².